The van der Waals surface area contributed by atoms with Crippen molar-refractivity contribution in [2.75, 3.05) is 27.5 Å². The molecule has 116 valence electrons. The molecule has 0 spiro atoms. The molecule has 0 bridgehead atoms. The molecule has 0 aliphatic carbocycles. The topological polar surface area (TPSA) is 60.0 Å². The molecule has 1 aliphatic rings. The highest BCUT2D eigenvalue weighted by Crippen LogP contribution is 2.35. The van der Waals surface area contributed by atoms with Gasteiger partial charge in [-0.05, 0) is 24.1 Å². The van der Waals surface area contributed by atoms with Crippen molar-refractivity contribution in [2.24, 2.45) is 0 Å². The van der Waals surface area contributed by atoms with E-state index >= 15 is 0 Å². The second-order valence-electron chi connectivity index (χ2n) is 4.89. The lowest BCUT2D eigenvalue weighted by Gasteiger charge is -2.25. The van der Waals surface area contributed by atoms with Crippen molar-refractivity contribution in [2.45, 2.75) is 25.8 Å². The minimum atomic E-state index is -0.527. The van der Waals surface area contributed by atoms with Crippen molar-refractivity contribution in [3.8, 4) is 11.5 Å². The van der Waals surface area contributed by atoms with Crippen molar-refractivity contribution in [1.82, 2.24) is 10.4 Å². The molecule has 0 aromatic heterocycles. The van der Waals surface area contributed by atoms with Gasteiger partial charge in [-0.3, -0.25) is 4.79 Å². The monoisotopic (exact) mass is 294 g/mol. The average Bonchev–Trinajstić information content (AvgIpc) is 2.95. The number of hydrogen-bond acceptors (Lipinski definition) is 5. The number of amides is 1. The molecule has 2 rings (SSSR count). The third-order valence-corrected chi connectivity index (χ3v) is 3.44. The SMILES string of the molecule is CCCCNC(=O)C(c1ccc2c(c1)OCO2)N(C)OC. The van der Waals surface area contributed by atoms with Crippen LogP contribution in [0.15, 0.2) is 18.2 Å². The maximum absolute atomic E-state index is 12.4. The Hall–Kier alpha value is -1.79. The molecule has 1 aliphatic heterocycles. The van der Waals surface area contributed by atoms with Crippen LogP contribution in [0.2, 0.25) is 0 Å². The van der Waals surface area contributed by atoms with Gasteiger partial charge in [0.05, 0.1) is 7.11 Å². The fourth-order valence-electron chi connectivity index (χ4n) is 2.20. The molecule has 6 nitrogen and oxygen atoms in total. The molecule has 0 saturated heterocycles. The maximum atomic E-state index is 12.4. The van der Waals surface area contributed by atoms with E-state index in [-0.39, 0.29) is 12.7 Å². The highest BCUT2D eigenvalue weighted by Gasteiger charge is 2.27. The predicted octanol–water partition coefficient (Wildman–Crippen LogP) is 1.87. The molecular weight excluding hydrogens is 272 g/mol. The standard InChI is InChI=1S/C15H22N2O4/c1-4-5-8-16-15(18)14(17(2)19-3)11-6-7-12-13(9-11)21-10-20-12/h6-7,9,14H,4-5,8,10H2,1-3H3,(H,16,18). The van der Waals surface area contributed by atoms with Gasteiger partial charge in [0.1, 0.15) is 6.04 Å². The van der Waals surface area contributed by atoms with E-state index in [1.165, 1.54) is 5.06 Å². The summed E-state index contributed by atoms with van der Waals surface area (Å²) in [6.07, 6.45) is 1.99. The summed E-state index contributed by atoms with van der Waals surface area (Å²) in [7, 11) is 3.27. The number of carbonyl (C=O) groups is 1. The first kappa shape index (κ1) is 15.6. The Bertz CT molecular complexity index is 493. The number of nitrogens with zero attached hydrogens (tertiary/aromatic N) is 1. The van der Waals surface area contributed by atoms with Crippen LogP contribution in [-0.4, -0.2) is 38.5 Å². The van der Waals surface area contributed by atoms with Crippen LogP contribution in [0.3, 0.4) is 0 Å². The van der Waals surface area contributed by atoms with Crippen molar-refractivity contribution in [1.29, 1.82) is 0 Å². The zero-order valence-corrected chi connectivity index (χ0v) is 12.7. The molecule has 1 amide bonds. The first-order chi connectivity index (χ1) is 10.2. The molecule has 0 fully saturated rings. The number of carbonyl (C=O) groups excluding carboxylic acids is 1. The minimum Gasteiger partial charge on any atom is -0.454 e. The van der Waals surface area contributed by atoms with Gasteiger partial charge in [-0.1, -0.05) is 19.4 Å². The Labute approximate surface area is 124 Å². The summed E-state index contributed by atoms with van der Waals surface area (Å²) in [5.41, 5.74) is 0.803. The van der Waals surface area contributed by atoms with E-state index in [4.69, 9.17) is 14.3 Å². The summed E-state index contributed by atoms with van der Waals surface area (Å²) >= 11 is 0. The van der Waals surface area contributed by atoms with Crippen LogP contribution >= 0.6 is 0 Å². The van der Waals surface area contributed by atoms with Crippen molar-refractivity contribution in [3.63, 3.8) is 0 Å². The first-order valence-corrected chi connectivity index (χ1v) is 7.11. The summed E-state index contributed by atoms with van der Waals surface area (Å²) in [5.74, 6) is 1.26. The van der Waals surface area contributed by atoms with Gasteiger partial charge in [-0.15, -0.1) is 0 Å². The third kappa shape index (κ3) is 3.65. The number of unbranched alkanes of at least 4 members (excludes halogenated alkanes) is 1. The summed E-state index contributed by atoms with van der Waals surface area (Å²) < 4.78 is 10.7. The van der Waals surface area contributed by atoms with Gasteiger partial charge in [0.15, 0.2) is 11.5 Å². The summed E-state index contributed by atoms with van der Waals surface area (Å²) in [6, 6.07) is 4.96. The highest BCUT2D eigenvalue weighted by molar-refractivity contribution is 5.83. The fourth-order valence-corrected chi connectivity index (χ4v) is 2.20. The van der Waals surface area contributed by atoms with E-state index in [1.54, 1.807) is 14.2 Å². The number of nitrogens with one attached hydrogen (secondary N) is 1. The molecule has 0 radical (unpaired) electrons. The van der Waals surface area contributed by atoms with Gasteiger partial charge < -0.3 is 19.6 Å². The fraction of sp³-hybridized carbons (Fsp3) is 0.533. The Balaban J connectivity index is 2.17. The van der Waals surface area contributed by atoms with E-state index in [0.717, 1.165) is 18.4 Å². The molecule has 1 unspecified atom stereocenters. The van der Waals surface area contributed by atoms with Crippen LogP contribution in [0, 0.1) is 0 Å². The molecule has 1 atom stereocenters. The quantitative estimate of drug-likeness (QED) is 0.614. The Morgan fingerprint density at radius 2 is 2.19 bits per heavy atom. The van der Waals surface area contributed by atoms with E-state index < -0.39 is 6.04 Å². The lowest BCUT2D eigenvalue weighted by molar-refractivity contribution is -0.162. The van der Waals surface area contributed by atoms with Gasteiger partial charge in [0.25, 0.3) is 0 Å². The summed E-state index contributed by atoms with van der Waals surface area (Å²) in [5, 5.41) is 4.46. The van der Waals surface area contributed by atoms with Crippen molar-refractivity contribution < 1.29 is 19.1 Å². The molecule has 21 heavy (non-hydrogen) atoms. The predicted molar refractivity (Wildman–Crippen MR) is 78.0 cm³/mol. The molecular formula is C15H22N2O4. The summed E-state index contributed by atoms with van der Waals surface area (Å²) in [6.45, 7) is 2.96. The van der Waals surface area contributed by atoms with Gasteiger partial charge >= 0.3 is 0 Å². The number of hydroxylamine groups is 2. The second-order valence-corrected chi connectivity index (χ2v) is 4.89. The molecule has 1 heterocycles. The largest absolute Gasteiger partial charge is 0.454 e. The smallest absolute Gasteiger partial charge is 0.244 e. The Kier molecular flexibility index (Phi) is 5.41. The Morgan fingerprint density at radius 3 is 2.90 bits per heavy atom. The number of hydrogen-bond donors (Lipinski definition) is 1. The number of benzene rings is 1. The van der Waals surface area contributed by atoms with Gasteiger partial charge in [0.2, 0.25) is 12.7 Å². The normalized spacial score (nSPS) is 14.3. The molecule has 0 saturated carbocycles. The molecule has 1 N–H and O–H groups in total. The lowest BCUT2D eigenvalue weighted by atomic mass is 10.1. The van der Waals surface area contributed by atoms with Gasteiger partial charge in [-0.2, -0.15) is 5.06 Å². The zero-order chi connectivity index (χ0) is 15.2. The second kappa shape index (κ2) is 7.28. The summed E-state index contributed by atoms with van der Waals surface area (Å²) in [4.78, 5) is 17.6. The minimum absolute atomic E-state index is 0.0911. The average molecular weight is 294 g/mol. The molecule has 1 aromatic rings. The lowest BCUT2D eigenvalue weighted by Crippen LogP contribution is -2.38. The van der Waals surface area contributed by atoms with E-state index in [9.17, 15) is 4.79 Å². The molecule has 6 heteroatoms. The van der Waals surface area contributed by atoms with Crippen molar-refractivity contribution in [3.05, 3.63) is 23.8 Å². The number of ether oxygens (including phenoxy) is 2. The van der Waals surface area contributed by atoms with Gasteiger partial charge in [-0.25, -0.2) is 0 Å². The number of rotatable bonds is 7. The van der Waals surface area contributed by atoms with Gasteiger partial charge in [0, 0.05) is 13.6 Å². The number of likely N-dealkylation sites (N-methyl/N-ethyl adjacent to an activating group) is 1. The van der Waals surface area contributed by atoms with E-state index in [0.29, 0.717) is 18.0 Å². The first-order valence-electron chi connectivity index (χ1n) is 7.11. The third-order valence-electron chi connectivity index (χ3n) is 3.44. The number of fused-ring (bicyclic) bond motifs is 1. The van der Waals surface area contributed by atoms with E-state index in [1.807, 2.05) is 18.2 Å². The zero-order valence-electron chi connectivity index (χ0n) is 12.7. The van der Waals surface area contributed by atoms with Crippen LogP contribution in [0.5, 0.6) is 11.5 Å². The maximum Gasteiger partial charge on any atom is 0.244 e. The molecule has 1 aromatic carbocycles. The van der Waals surface area contributed by atoms with Crippen LogP contribution in [0.1, 0.15) is 31.4 Å². The van der Waals surface area contributed by atoms with E-state index in [2.05, 4.69) is 12.2 Å². The van der Waals surface area contributed by atoms with Crippen LogP contribution in [0.4, 0.5) is 0 Å². The Morgan fingerprint density at radius 1 is 1.43 bits per heavy atom. The van der Waals surface area contributed by atoms with Crippen LogP contribution in [-0.2, 0) is 9.63 Å². The van der Waals surface area contributed by atoms with Crippen molar-refractivity contribution >= 4 is 5.91 Å². The van der Waals surface area contributed by atoms with Crippen LogP contribution in [0.25, 0.3) is 0 Å². The van der Waals surface area contributed by atoms with Crippen LogP contribution < -0.4 is 14.8 Å². The highest BCUT2D eigenvalue weighted by atomic mass is 16.7.